The van der Waals surface area contributed by atoms with Crippen LogP contribution in [0.25, 0.3) is 0 Å². The van der Waals surface area contributed by atoms with Crippen LogP contribution in [0, 0.1) is 0 Å². The first-order valence-corrected chi connectivity index (χ1v) is 11.2. The van der Waals surface area contributed by atoms with Gasteiger partial charge in [0.2, 0.25) is 0 Å². The lowest BCUT2D eigenvalue weighted by Gasteiger charge is -2.14. The number of carbonyl (C=O) groups excluding carboxylic acids is 5. The van der Waals surface area contributed by atoms with E-state index in [-0.39, 0.29) is 35.7 Å². The summed E-state index contributed by atoms with van der Waals surface area (Å²) in [5, 5.41) is 20.3. The van der Waals surface area contributed by atoms with E-state index in [1.165, 1.54) is 63.4 Å². The summed E-state index contributed by atoms with van der Waals surface area (Å²) in [6, 6.07) is 10.3. The Balaban J connectivity index is 1.67. The first-order valence-electron chi connectivity index (χ1n) is 11.2. The molecule has 12 nitrogen and oxygen atoms in total. The molecule has 0 saturated carbocycles. The summed E-state index contributed by atoms with van der Waals surface area (Å²) in [5.41, 5.74) is 0.225. The van der Waals surface area contributed by atoms with Crippen molar-refractivity contribution in [1.29, 1.82) is 0 Å². The zero-order chi connectivity index (χ0) is 27.8. The second-order valence-corrected chi connectivity index (χ2v) is 7.90. The summed E-state index contributed by atoms with van der Waals surface area (Å²) in [6.45, 7) is 2.73. The van der Waals surface area contributed by atoms with Crippen molar-refractivity contribution in [3.8, 4) is 5.75 Å². The van der Waals surface area contributed by atoms with E-state index in [0.717, 1.165) is 4.90 Å². The Morgan fingerprint density at radius 1 is 1.00 bits per heavy atom. The summed E-state index contributed by atoms with van der Waals surface area (Å²) in [5.74, 6) is -2.56. The van der Waals surface area contributed by atoms with Gasteiger partial charge in [-0.05, 0) is 56.3 Å². The summed E-state index contributed by atoms with van der Waals surface area (Å²) in [7, 11) is 1.21. The maximum Gasteiger partial charge on any atom is 0.337 e. The normalized spacial score (nSPS) is 13.5. The molecule has 3 rings (SSSR count). The van der Waals surface area contributed by atoms with E-state index < -0.39 is 35.1 Å². The van der Waals surface area contributed by atoms with Crippen LogP contribution in [0.2, 0.25) is 0 Å². The van der Waals surface area contributed by atoms with E-state index in [2.05, 4.69) is 20.3 Å². The summed E-state index contributed by atoms with van der Waals surface area (Å²) in [4.78, 5) is 60.7. The fraction of sp³-hybridized carbons (Fsp3) is 0.192. The Morgan fingerprint density at radius 3 is 2.24 bits per heavy atom. The second kappa shape index (κ2) is 12.2. The van der Waals surface area contributed by atoms with Crippen molar-refractivity contribution in [2.24, 2.45) is 10.2 Å². The Morgan fingerprint density at radius 2 is 1.66 bits per heavy atom. The van der Waals surface area contributed by atoms with Crippen LogP contribution in [-0.4, -0.2) is 59.7 Å². The van der Waals surface area contributed by atoms with Crippen molar-refractivity contribution >= 4 is 40.8 Å². The second-order valence-electron chi connectivity index (χ2n) is 7.90. The molecule has 0 saturated heterocycles. The molecule has 0 unspecified atom stereocenters. The lowest BCUT2D eigenvalue weighted by molar-refractivity contribution is -0.137. The molecule has 0 spiro atoms. The van der Waals surface area contributed by atoms with Gasteiger partial charge in [0.1, 0.15) is 18.1 Å². The molecule has 0 aromatic heterocycles. The molecule has 0 fully saturated rings. The van der Waals surface area contributed by atoms with Crippen LogP contribution in [0.4, 0.5) is 11.4 Å². The minimum atomic E-state index is -0.783. The number of allylic oxidation sites excluding steroid dienone is 1. The molecule has 1 aliphatic rings. The van der Waals surface area contributed by atoms with Crippen LogP contribution >= 0.6 is 0 Å². The Labute approximate surface area is 217 Å². The van der Waals surface area contributed by atoms with Crippen molar-refractivity contribution in [3.63, 3.8) is 0 Å². The van der Waals surface area contributed by atoms with Gasteiger partial charge in [0.25, 0.3) is 17.7 Å². The maximum absolute atomic E-state index is 12.8. The van der Waals surface area contributed by atoms with Gasteiger partial charge in [-0.2, -0.15) is 0 Å². The molecule has 3 amide bonds. The highest BCUT2D eigenvalue weighted by molar-refractivity contribution is 6.12. The Bertz CT molecular complexity index is 1350. The molecule has 1 aliphatic heterocycles. The fourth-order valence-electron chi connectivity index (χ4n) is 3.27. The van der Waals surface area contributed by atoms with Crippen molar-refractivity contribution < 1.29 is 38.6 Å². The highest BCUT2D eigenvalue weighted by atomic mass is 16.5. The number of aliphatic hydroxyl groups is 1. The number of azo groups is 1. The smallest absolute Gasteiger partial charge is 0.337 e. The summed E-state index contributed by atoms with van der Waals surface area (Å²) in [6.07, 6.45) is 2.38. The molecule has 0 aliphatic carbocycles. The van der Waals surface area contributed by atoms with E-state index in [4.69, 9.17) is 4.74 Å². The standard InChI is InChI=1S/C26H24N4O8/c1-15(31)20-9-4-17(26(36)37-3)14-21(20)28-29-24(16(2)32)25(35)27-18-5-7-19(8-6-18)38-13-12-30-22(33)10-11-23(30)34/h4-11,14,32H,12-13H2,1-3H3,(H,27,35)/b24-16+,29-28?. The topological polar surface area (TPSA) is 164 Å². The SMILES string of the molecule is COC(=O)c1ccc(C(C)=O)c(N=N/C(C(=O)Nc2ccc(OCCN3C(=O)C=CC3=O)cc2)=C(\C)O)c1. The number of rotatable bonds is 10. The average Bonchev–Trinajstić information content (AvgIpc) is 3.21. The molecule has 2 aromatic rings. The van der Waals surface area contributed by atoms with Crippen LogP contribution in [0.5, 0.6) is 5.75 Å². The van der Waals surface area contributed by atoms with Crippen molar-refractivity contribution in [2.45, 2.75) is 13.8 Å². The van der Waals surface area contributed by atoms with Crippen LogP contribution in [0.1, 0.15) is 34.6 Å². The number of nitrogens with zero attached hydrogens (tertiary/aromatic N) is 3. The first-order chi connectivity index (χ1) is 18.1. The third-order valence-electron chi connectivity index (χ3n) is 5.21. The van der Waals surface area contributed by atoms with Gasteiger partial charge in [-0.1, -0.05) is 0 Å². The minimum absolute atomic E-state index is 0.0153. The van der Waals surface area contributed by atoms with Gasteiger partial charge in [0.15, 0.2) is 11.5 Å². The Kier molecular flexibility index (Phi) is 8.82. The molecular formula is C26H24N4O8. The van der Waals surface area contributed by atoms with Crippen LogP contribution in [-0.2, 0) is 19.1 Å². The number of Topliss-reactive ketones (excluding diaryl/α,β-unsaturated/α-hetero) is 1. The largest absolute Gasteiger partial charge is 0.510 e. The number of hydrogen-bond acceptors (Lipinski definition) is 10. The quantitative estimate of drug-likeness (QED) is 0.120. The summed E-state index contributed by atoms with van der Waals surface area (Å²) < 4.78 is 10.2. The molecule has 1 heterocycles. The number of imide groups is 1. The van der Waals surface area contributed by atoms with Gasteiger partial charge in [0.05, 0.1) is 24.9 Å². The highest BCUT2D eigenvalue weighted by Crippen LogP contribution is 2.24. The first kappa shape index (κ1) is 27.5. The minimum Gasteiger partial charge on any atom is -0.510 e. The molecule has 0 radical (unpaired) electrons. The molecule has 12 heteroatoms. The van der Waals surface area contributed by atoms with Crippen LogP contribution in [0.3, 0.4) is 0 Å². The number of ketones is 1. The monoisotopic (exact) mass is 520 g/mol. The number of anilines is 1. The van der Waals surface area contributed by atoms with E-state index in [9.17, 15) is 29.1 Å². The number of ether oxygens (including phenoxy) is 2. The van der Waals surface area contributed by atoms with Crippen molar-refractivity contribution in [3.05, 3.63) is 77.2 Å². The van der Waals surface area contributed by atoms with Gasteiger partial charge < -0.3 is 19.9 Å². The number of benzene rings is 2. The number of aliphatic hydroxyl groups excluding tert-OH is 1. The average molecular weight is 520 g/mol. The zero-order valence-corrected chi connectivity index (χ0v) is 20.8. The third-order valence-corrected chi connectivity index (χ3v) is 5.21. The van der Waals surface area contributed by atoms with E-state index in [0.29, 0.717) is 11.4 Å². The number of nitrogens with one attached hydrogen (secondary N) is 1. The van der Waals surface area contributed by atoms with Gasteiger partial charge in [-0.25, -0.2) is 4.79 Å². The molecule has 196 valence electrons. The molecular weight excluding hydrogens is 496 g/mol. The van der Waals surface area contributed by atoms with Crippen molar-refractivity contribution in [1.82, 2.24) is 4.90 Å². The van der Waals surface area contributed by atoms with Crippen LogP contribution < -0.4 is 10.1 Å². The maximum atomic E-state index is 12.8. The highest BCUT2D eigenvalue weighted by Gasteiger charge is 2.22. The third kappa shape index (κ3) is 6.75. The number of carbonyl (C=O) groups is 5. The fourth-order valence-corrected chi connectivity index (χ4v) is 3.27. The number of esters is 1. The van der Waals surface area contributed by atoms with Gasteiger partial charge in [0, 0.05) is 23.4 Å². The zero-order valence-electron chi connectivity index (χ0n) is 20.8. The number of amides is 3. The van der Waals surface area contributed by atoms with Crippen LogP contribution in [0.15, 0.2) is 76.3 Å². The van der Waals surface area contributed by atoms with E-state index in [1.54, 1.807) is 12.1 Å². The van der Waals surface area contributed by atoms with Gasteiger partial charge in [-0.15, -0.1) is 10.2 Å². The Hall–Kier alpha value is -5.13. The molecule has 38 heavy (non-hydrogen) atoms. The van der Waals surface area contributed by atoms with E-state index in [1.807, 2.05) is 0 Å². The number of methoxy groups -OCH3 is 1. The predicted molar refractivity (Wildman–Crippen MR) is 134 cm³/mol. The predicted octanol–water partition coefficient (Wildman–Crippen LogP) is 3.49. The van der Waals surface area contributed by atoms with Crippen molar-refractivity contribution in [2.75, 3.05) is 25.6 Å². The molecule has 2 aromatic carbocycles. The van der Waals surface area contributed by atoms with E-state index >= 15 is 0 Å². The molecule has 2 N–H and O–H groups in total. The lowest BCUT2D eigenvalue weighted by atomic mass is 10.1. The molecule has 0 bridgehead atoms. The van der Waals surface area contributed by atoms with Gasteiger partial charge in [-0.3, -0.25) is 24.1 Å². The summed E-state index contributed by atoms with van der Waals surface area (Å²) >= 11 is 0. The lowest BCUT2D eigenvalue weighted by Crippen LogP contribution is -2.33. The number of hydrogen-bond donors (Lipinski definition) is 2. The molecule has 0 atom stereocenters. The van der Waals surface area contributed by atoms with Gasteiger partial charge >= 0.3 is 5.97 Å².